The van der Waals surface area contributed by atoms with Crippen LogP contribution in [0, 0.1) is 5.82 Å². The molecule has 2 aromatic carbocycles. The maximum atomic E-state index is 12.9. The van der Waals surface area contributed by atoms with Gasteiger partial charge >= 0.3 is 0 Å². The van der Waals surface area contributed by atoms with Crippen LogP contribution < -0.4 is 14.6 Å². The molecule has 2 rings (SSSR count). The van der Waals surface area contributed by atoms with Gasteiger partial charge in [0, 0.05) is 12.0 Å². The van der Waals surface area contributed by atoms with Crippen molar-refractivity contribution in [1.29, 1.82) is 0 Å². The number of aliphatic hydroxyl groups is 2. The minimum absolute atomic E-state index is 0.0535. The summed E-state index contributed by atoms with van der Waals surface area (Å²) in [5.74, 6) is -1.41. The molecule has 0 heterocycles. The van der Waals surface area contributed by atoms with Crippen LogP contribution in [0.15, 0.2) is 51.8 Å². The van der Waals surface area contributed by atoms with Gasteiger partial charge in [0.2, 0.25) is 0 Å². The maximum absolute atomic E-state index is 12.9. The minimum atomic E-state index is -4.34. The Morgan fingerprint density at radius 2 is 1.52 bits per heavy atom. The minimum Gasteiger partial charge on any atom is -0.858 e. The van der Waals surface area contributed by atoms with Crippen molar-refractivity contribution in [3.05, 3.63) is 53.8 Å². The Labute approximate surface area is 155 Å². The molecule has 27 heavy (non-hydrogen) atoms. The zero-order valence-corrected chi connectivity index (χ0v) is 14.9. The summed E-state index contributed by atoms with van der Waals surface area (Å²) < 4.78 is 51.0. The number of benzene rings is 2. The number of ether oxygens (including phenoxy) is 2. The van der Waals surface area contributed by atoms with Crippen LogP contribution in [0.1, 0.15) is 5.56 Å². The molecule has 146 valence electrons. The highest BCUT2D eigenvalue weighted by Crippen LogP contribution is 2.24. The highest BCUT2D eigenvalue weighted by atomic mass is 32.2. The van der Waals surface area contributed by atoms with Crippen molar-refractivity contribution in [2.24, 2.45) is 4.40 Å². The van der Waals surface area contributed by atoms with Crippen molar-refractivity contribution in [3.8, 4) is 11.5 Å². The van der Waals surface area contributed by atoms with Crippen LogP contribution in [0.5, 0.6) is 11.5 Å². The van der Waals surface area contributed by atoms with Gasteiger partial charge in [-0.3, -0.25) is 0 Å². The summed E-state index contributed by atoms with van der Waals surface area (Å²) >= 11 is 0. The second-order valence-corrected chi connectivity index (χ2v) is 6.77. The fourth-order valence-electron chi connectivity index (χ4n) is 2.01. The van der Waals surface area contributed by atoms with Gasteiger partial charge in [0.05, 0.1) is 18.1 Å². The molecule has 0 aromatic heterocycles. The molecule has 8 nitrogen and oxygen atoms in total. The standard InChI is InChI=1S/C17H18FNO7S/c18-13-1-3-16(4-2-13)27(23,24)19-17(22)12-9-14(25-7-5-20)11-15(10-12)26-8-6-21/h1-4,9-11,20-21H,5-8H2,(H,19,22)/p-1. The van der Waals surface area contributed by atoms with Crippen LogP contribution in [-0.2, 0) is 10.0 Å². The molecule has 0 saturated heterocycles. The molecule has 0 aliphatic carbocycles. The molecule has 0 unspecified atom stereocenters. The van der Waals surface area contributed by atoms with Gasteiger partial charge in [-0.2, -0.15) is 12.8 Å². The summed E-state index contributed by atoms with van der Waals surface area (Å²) in [6.45, 7) is -0.646. The SMILES string of the molecule is O=S(=O)(/N=C(\[O-])c1cc(OCCO)cc(OCCO)c1)c1ccc(F)cc1. The summed E-state index contributed by atoms with van der Waals surface area (Å²) in [6, 6.07) is 7.78. The number of aliphatic hydroxyl groups excluding tert-OH is 2. The Hall–Kier alpha value is -2.69. The molecule has 0 radical (unpaired) electrons. The molecule has 10 heteroatoms. The van der Waals surface area contributed by atoms with Crippen molar-refractivity contribution >= 4 is 15.9 Å². The average Bonchev–Trinajstić information content (AvgIpc) is 2.64. The predicted molar refractivity (Wildman–Crippen MR) is 91.7 cm³/mol. The fourth-order valence-corrected chi connectivity index (χ4v) is 2.92. The lowest BCUT2D eigenvalue weighted by atomic mass is 10.2. The molecule has 2 N–H and O–H groups in total. The molecule has 0 amide bonds. The molecule has 0 aliphatic rings. The van der Waals surface area contributed by atoms with Gasteiger partial charge in [0.25, 0.3) is 10.0 Å². The highest BCUT2D eigenvalue weighted by Gasteiger charge is 2.13. The quantitative estimate of drug-likeness (QED) is 0.452. The average molecular weight is 398 g/mol. The molecular formula is C17H17FNO7S-. The third-order valence-electron chi connectivity index (χ3n) is 3.16. The lowest BCUT2D eigenvalue weighted by Gasteiger charge is -2.15. The zero-order chi connectivity index (χ0) is 19.9. The first-order valence-corrected chi connectivity index (χ1v) is 9.20. The third kappa shape index (κ3) is 5.91. The largest absolute Gasteiger partial charge is 0.858 e. The van der Waals surface area contributed by atoms with E-state index < -0.39 is 21.7 Å². The molecule has 0 fully saturated rings. The van der Waals surface area contributed by atoms with Crippen LogP contribution >= 0.6 is 0 Å². The first-order valence-electron chi connectivity index (χ1n) is 7.76. The lowest BCUT2D eigenvalue weighted by Crippen LogP contribution is -2.21. The van der Waals surface area contributed by atoms with Gasteiger partial charge in [0.1, 0.15) is 30.5 Å². The molecule has 0 spiro atoms. The van der Waals surface area contributed by atoms with Crippen molar-refractivity contribution in [2.45, 2.75) is 4.90 Å². The Morgan fingerprint density at radius 3 is 2.00 bits per heavy atom. The third-order valence-corrected chi connectivity index (χ3v) is 4.44. The van der Waals surface area contributed by atoms with E-state index in [-0.39, 0.29) is 48.4 Å². The highest BCUT2D eigenvalue weighted by molar-refractivity contribution is 7.90. The van der Waals surface area contributed by atoms with Crippen LogP contribution in [0.4, 0.5) is 4.39 Å². The Balaban J connectivity index is 2.38. The molecule has 0 atom stereocenters. The van der Waals surface area contributed by atoms with Crippen LogP contribution in [0.25, 0.3) is 0 Å². The number of hydrogen-bond acceptors (Lipinski definition) is 7. The summed E-state index contributed by atoms with van der Waals surface area (Å²) in [4.78, 5) is -0.332. The normalized spacial score (nSPS) is 12.0. The Morgan fingerprint density at radius 1 is 1.00 bits per heavy atom. The first kappa shape index (κ1) is 20.6. The second-order valence-electron chi connectivity index (χ2n) is 5.16. The van der Waals surface area contributed by atoms with Crippen molar-refractivity contribution in [2.75, 3.05) is 26.4 Å². The van der Waals surface area contributed by atoms with E-state index >= 15 is 0 Å². The molecule has 2 aromatic rings. The van der Waals surface area contributed by atoms with Crippen molar-refractivity contribution < 1.29 is 37.6 Å². The maximum Gasteiger partial charge on any atom is 0.281 e. The molecule has 0 bridgehead atoms. The van der Waals surface area contributed by atoms with E-state index in [4.69, 9.17) is 19.7 Å². The number of hydrogen-bond donors (Lipinski definition) is 2. The number of halogens is 1. The van der Waals surface area contributed by atoms with Gasteiger partial charge in [-0.05, 0) is 42.0 Å². The fraction of sp³-hybridized carbons (Fsp3) is 0.235. The van der Waals surface area contributed by atoms with Gasteiger partial charge in [-0.1, -0.05) is 0 Å². The van der Waals surface area contributed by atoms with E-state index in [0.29, 0.717) is 0 Å². The second kappa shape index (κ2) is 9.31. The predicted octanol–water partition coefficient (Wildman–Crippen LogP) is 0.0637. The van der Waals surface area contributed by atoms with E-state index in [1.165, 1.54) is 18.2 Å². The topological polar surface area (TPSA) is 128 Å². The number of rotatable bonds is 9. The van der Waals surface area contributed by atoms with Crippen LogP contribution in [-0.4, -0.2) is 51.0 Å². The van der Waals surface area contributed by atoms with E-state index in [0.717, 1.165) is 24.3 Å². The van der Waals surface area contributed by atoms with Crippen LogP contribution in [0.2, 0.25) is 0 Å². The zero-order valence-electron chi connectivity index (χ0n) is 14.0. The smallest absolute Gasteiger partial charge is 0.281 e. The summed E-state index contributed by atoms with van der Waals surface area (Å²) in [5.41, 5.74) is -0.135. The molecule has 0 aliphatic heterocycles. The van der Waals surface area contributed by atoms with Gasteiger partial charge in [0.15, 0.2) is 0 Å². The van der Waals surface area contributed by atoms with Crippen molar-refractivity contribution in [1.82, 2.24) is 0 Å². The van der Waals surface area contributed by atoms with Crippen molar-refractivity contribution in [3.63, 3.8) is 0 Å². The number of sulfonamides is 1. The van der Waals surface area contributed by atoms with E-state index in [1.54, 1.807) is 0 Å². The Kier molecular flexibility index (Phi) is 7.11. The van der Waals surface area contributed by atoms with E-state index in [9.17, 15) is 17.9 Å². The summed E-state index contributed by atoms with van der Waals surface area (Å²) in [5, 5.41) is 30.0. The first-order chi connectivity index (χ1) is 12.9. The van der Waals surface area contributed by atoms with E-state index in [2.05, 4.69) is 4.40 Å². The summed E-state index contributed by atoms with van der Waals surface area (Å²) in [7, 11) is -4.34. The Bertz CT molecular complexity index is 872. The number of nitrogens with zero attached hydrogens (tertiary/aromatic N) is 1. The van der Waals surface area contributed by atoms with Gasteiger partial charge in [-0.25, -0.2) is 4.39 Å². The lowest BCUT2D eigenvalue weighted by molar-refractivity contribution is -0.212. The van der Waals surface area contributed by atoms with E-state index in [1.807, 2.05) is 0 Å². The van der Waals surface area contributed by atoms with Crippen LogP contribution in [0.3, 0.4) is 0 Å². The molecular weight excluding hydrogens is 381 g/mol. The molecule has 0 saturated carbocycles. The monoisotopic (exact) mass is 398 g/mol. The summed E-state index contributed by atoms with van der Waals surface area (Å²) in [6.07, 6.45) is 0. The van der Waals surface area contributed by atoms with Gasteiger partial charge in [-0.15, -0.1) is 0 Å². The van der Waals surface area contributed by atoms with Gasteiger partial charge < -0.3 is 24.8 Å².